The van der Waals surface area contributed by atoms with Gasteiger partial charge in [0.1, 0.15) is 11.6 Å². The van der Waals surface area contributed by atoms with Gasteiger partial charge in [-0.2, -0.15) is 0 Å². The second kappa shape index (κ2) is 7.53. The number of aromatic nitrogens is 1. The number of pyridine rings is 1. The third kappa shape index (κ3) is 3.62. The van der Waals surface area contributed by atoms with E-state index in [4.69, 9.17) is 16.3 Å². The third-order valence-corrected chi connectivity index (χ3v) is 4.46. The van der Waals surface area contributed by atoms with Gasteiger partial charge in [-0.1, -0.05) is 17.7 Å². The van der Waals surface area contributed by atoms with E-state index in [1.165, 1.54) is 0 Å². The Morgan fingerprint density at radius 1 is 1.42 bits per heavy atom. The van der Waals surface area contributed by atoms with E-state index in [0.717, 1.165) is 25.2 Å². The van der Waals surface area contributed by atoms with Crippen LogP contribution in [0.5, 0.6) is 5.75 Å². The summed E-state index contributed by atoms with van der Waals surface area (Å²) in [5, 5.41) is 3.51. The van der Waals surface area contributed by atoms with Crippen LogP contribution in [0.25, 0.3) is 0 Å². The predicted octanol–water partition coefficient (Wildman–Crippen LogP) is 3.14. The lowest BCUT2D eigenvalue weighted by Gasteiger charge is -2.26. The number of nitrogens with one attached hydrogen (secondary N) is 1. The van der Waals surface area contributed by atoms with Crippen molar-refractivity contribution in [3.63, 3.8) is 0 Å². The maximum Gasteiger partial charge on any atom is 0.255 e. The van der Waals surface area contributed by atoms with Crippen LogP contribution in [0.4, 0.5) is 5.82 Å². The number of rotatable bonds is 5. The van der Waals surface area contributed by atoms with Gasteiger partial charge in [0.05, 0.1) is 12.7 Å². The molecule has 1 atom stereocenters. The average molecular weight is 346 g/mol. The lowest BCUT2D eigenvalue weighted by molar-refractivity contribution is 0.0948. The predicted molar refractivity (Wildman–Crippen MR) is 94.9 cm³/mol. The molecule has 3 rings (SSSR count). The summed E-state index contributed by atoms with van der Waals surface area (Å²) in [5.74, 6) is 1.29. The zero-order valence-electron chi connectivity index (χ0n) is 13.5. The van der Waals surface area contributed by atoms with E-state index >= 15 is 0 Å². The molecule has 2 aromatic rings. The highest BCUT2D eigenvalue weighted by molar-refractivity contribution is 6.31. The number of benzene rings is 1. The van der Waals surface area contributed by atoms with E-state index < -0.39 is 0 Å². The van der Waals surface area contributed by atoms with Gasteiger partial charge in [-0.25, -0.2) is 4.98 Å². The zero-order valence-corrected chi connectivity index (χ0v) is 14.3. The van der Waals surface area contributed by atoms with Crippen molar-refractivity contribution >= 4 is 23.3 Å². The summed E-state index contributed by atoms with van der Waals surface area (Å²) in [4.78, 5) is 19.1. The van der Waals surface area contributed by atoms with Crippen LogP contribution < -0.4 is 15.0 Å². The SMILES string of the molecule is COc1ccc(Cl)cc1C(=O)NCC1CCCN1c1ccccn1. The molecule has 0 spiro atoms. The highest BCUT2D eigenvalue weighted by atomic mass is 35.5. The number of amides is 1. The Balaban J connectivity index is 1.67. The maximum absolute atomic E-state index is 12.5. The van der Waals surface area contributed by atoms with Crippen molar-refractivity contribution in [1.82, 2.24) is 10.3 Å². The highest BCUT2D eigenvalue weighted by Gasteiger charge is 2.26. The van der Waals surface area contributed by atoms with E-state index in [1.54, 1.807) is 31.5 Å². The molecular formula is C18H20ClN3O2. The van der Waals surface area contributed by atoms with Crippen molar-refractivity contribution in [3.05, 3.63) is 53.2 Å². The summed E-state index contributed by atoms with van der Waals surface area (Å²) >= 11 is 6.00. The van der Waals surface area contributed by atoms with E-state index in [9.17, 15) is 4.79 Å². The van der Waals surface area contributed by atoms with Crippen LogP contribution in [0.2, 0.25) is 5.02 Å². The molecule has 1 aliphatic heterocycles. The van der Waals surface area contributed by atoms with Gasteiger partial charge >= 0.3 is 0 Å². The van der Waals surface area contributed by atoms with Gasteiger partial charge in [-0.15, -0.1) is 0 Å². The number of anilines is 1. The quantitative estimate of drug-likeness (QED) is 0.904. The fraction of sp³-hybridized carbons (Fsp3) is 0.333. The molecule has 5 nitrogen and oxygen atoms in total. The van der Waals surface area contributed by atoms with E-state index in [1.807, 2.05) is 18.2 Å². The lowest BCUT2D eigenvalue weighted by atomic mass is 10.1. The largest absolute Gasteiger partial charge is 0.496 e. The van der Waals surface area contributed by atoms with Crippen molar-refractivity contribution < 1.29 is 9.53 Å². The summed E-state index contributed by atoms with van der Waals surface area (Å²) in [6.07, 6.45) is 3.92. The number of carbonyl (C=O) groups excluding carboxylic acids is 1. The first kappa shape index (κ1) is 16.6. The maximum atomic E-state index is 12.5. The van der Waals surface area contributed by atoms with Gasteiger partial charge < -0.3 is 15.0 Å². The molecule has 0 bridgehead atoms. The monoisotopic (exact) mass is 345 g/mol. The normalized spacial score (nSPS) is 16.9. The smallest absolute Gasteiger partial charge is 0.255 e. The summed E-state index contributed by atoms with van der Waals surface area (Å²) in [6, 6.07) is 11.2. The molecule has 0 radical (unpaired) electrons. The van der Waals surface area contributed by atoms with Crippen LogP contribution >= 0.6 is 11.6 Å². The number of ether oxygens (including phenoxy) is 1. The summed E-state index contributed by atoms with van der Waals surface area (Å²) in [7, 11) is 1.54. The van der Waals surface area contributed by atoms with E-state index in [2.05, 4.69) is 15.2 Å². The minimum Gasteiger partial charge on any atom is -0.496 e. The molecule has 1 aliphatic rings. The van der Waals surface area contributed by atoms with Crippen molar-refractivity contribution in [2.45, 2.75) is 18.9 Å². The van der Waals surface area contributed by atoms with Gasteiger partial charge in [0.25, 0.3) is 5.91 Å². The molecular weight excluding hydrogens is 326 g/mol. The Kier molecular flexibility index (Phi) is 5.20. The molecule has 1 amide bonds. The van der Waals surface area contributed by atoms with Gasteiger partial charge in [0, 0.05) is 30.4 Å². The fourth-order valence-electron chi connectivity index (χ4n) is 3.04. The number of nitrogens with zero attached hydrogens (tertiary/aromatic N) is 2. The van der Waals surface area contributed by atoms with Gasteiger partial charge in [-0.05, 0) is 43.2 Å². The second-order valence-corrected chi connectivity index (χ2v) is 6.17. The van der Waals surface area contributed by atoms with Crippen molar-refractivity contribution in [2.75, 3.05) is 25.1 Å². The molecule has 0 saturated carbocycles. The molecule has 1 aromatic heterocycles. The summed E-state index contributed by atoms with van der Waals surface area (Å²) in [6.45, 7) is 1.52. The van der Waals surface area contributed by atoms with Crippen molar-refractivity contribution in [3.8, 4) is 5.75 Å². The first-order chi connectivity index (χ1) is 11.7. The average Bonchev–Trinajstić information content (AvgIpc) is 3.09. The standard InChI is InChI=1S/C18H20ClN3O2/c1-24-16-8-7-13(19)11-15(16)18(23)21-12-14-5-4-10-22(14)17-6-2-3-9-20-17/h2-3,6-9,11,14H,4-5,10,12H2,1H3,(H,21,23). The molecule has 6 heteroatoms. The number of hydrogen-bond acceptors (Lipinski definition) is 4. The molecule has 24 heavy (non-hydrogen) atoms. The first-order valence-electron chi connectivity index (χ1n) is 7.98. The van der Waals surface area contributed by atoms with Crippen LogP contribution in [-0.4, -0.2) is 37.1 Å². The second-order valence-electron chi connectivity index (χ2n) is 5.73. The number of hydrogen-bond donors (Lipinski definition) is 1. The molecule has 1 aromatic carbocycles. The Bertz CT molecular complexity index is 709. The molecule has 1 fully saturated rings. The molecule has 126 valence electrons. The van der Waals surface area contributed by atoms with Gasteiger partial charge in [0.2, 0.25) is 0 Å². The highest BCUT2D eigenvalue weighted by Crippen LogP contribution is 2.24. The Morgan fingerprint density at radius 3 is 3.04 bits per heavy atom. The summed E-state index contributed by atoms with van der Waals surface area (Å²) in [5.41, 5.74) is 0.451. The number of halogens is 1. The third-order valence-electron chi connectivity index (χ3n) is 4.23. The summed E-state index contributed by atoms with van der Waals surface area (Å²) < 4.78 is 5.24. The first-order valence-corrected chi connectivity index (χ1v) is 8.36. The minimum atomic E-state index is -0.178. The number of methoxy groups -OCH3 is 1. The van der Waals surface area contributed by atoms with Gasteiger partial charge in [0.15, 0.2) is 0 Å². The van der Waals surface area contributed by atoms with Crippen molar-refractivity contribution in [1.29, 1.82) is 0 Å². The Morgan fingerprint density at radius 2 is 2.29 bits per heavy atom. The van der Waals surface area contributed by atoms with E-state index in [0.29, 0.717) is 22.9 Å². The Hall–Kier alpha value is -2.27. The number of carbonyl (C=O) groups is 1. The Labute approximate surface area is 146 Å². The minimum absolute atomic E-state index is 0.178. The van der Waals surface area contributed by atoms with Crippen LogP contribution in [0.3, 0.4) is 0 Å². The van der Waals surface area contributed by atoms with Crippen LogP contribution in [0.1, 0.15) is 23.2 Å². The molecule has 1 saturated heterocycles. The van der Waals surface area contributed by atoms with Crippen LogP contribution in [0.15, 0.2) is 42.6 Å². The lowest BCUT2D eigenvalue weighted by Crippen LogP contribution is -2.40. The fourth-order valence-corrected chi connectivity index (χ4v) is 3.21. The van der Waals surface area contributed by atoms with Gasteiger partial charge in [-0.3, -0.25) is 4.79 Å². The molecule has 1 unspecified atom stereocenters. The molecule has 0 aliphatic carbocycles. The molecule has 2 heterocycles. The topological polar surface area (TPSA) is 54.5 Å². The van der Waals surface area contributed by atoms with Crippen molar-refractivity contribution in [2.24, 2.45) is 0 Å². The van der Waals surface area contributed by atoms with Crippen LogP contribution in [0, 0.1) is 0 Å². The van der Waals surface area contributed by atoms with E-state index in [-0.39, 0.29) is 11.9 Å². The van der Waals surface area contributed by atoms with Crippen LogP contribution in [-0.2, 0) is 0 Å². The zero-order chi connectivity index (χ0) is 16.9. The molecule has 1 N–H and O–H groups in total.